The Hall–Kier alpha value is -3.29. The lowest BCUT2D eigenvalue weighted by Gasteiger charge is -2.03. The highest BCUT2D eigenvalue weighted by atomic mass is 19.1. The Morgan fingerprint density at radius 2 is 1.04 bits per heavy atom. The summed E-state index contributed by atoms with van der Waals surface area (Å²) < 4.78 is 13.2. The maximum Gasteiger partial charge on any atom is 0.123 e. The van der Waals surface area contributed by atoms with Gasteiger partial charge in [0, 0.05) is 11.1 Å². The first-order chi connectivity index (χ1) is 11.8. The van der Waals surface area contributed by atoms with E-state index < -0.39 is 0 Å². The highest BCUT2D eigenvalue weighted by molar-refractivity contribution is 5.45. The molecule has 0 nitrogen and oxygen atoms in total. The molecule has 0 aliphatic heterocycles. The Bertz CT molecular complexity index is 845. The Kier molecular flexibility index (Phi) is 5.08. The van der Waals surface area contributed by atoms with Gasteiger partial charge in [-0.3, -0.25) is 0 Å². The van der Waals surface area contributed by atoms with E-state index in [0.717, 1.165) is 16.7 Å². The van der Waals surface area contributed by atoms with Gasteiger partial charge < -0.3 is 0 Å². The van der Waals surface area contributed by atoms with Crippen LogP contribution in [0, 0.1) is 29.5 Å². The lowest BCUT2D eigenvalue weighted by molar-refractivity contribution is 0.627. The fourth-order valence-electron chi connectivity index (χ4n) is 2.21. The van der Waals surface area contributed by atoms with Gasteiger partial charge in [-0.05, 0) is 42.0 Å². The maximum absolute atomic E-state index is 13.2. The molecule has 0 unspecified atom stereocenters. The molecule has 0 heterocycles. The van der Waals surface area contributed by atoms with Gasteiger partial charge in [0.1, 0.15) is 11.7 Å². The average molecular weight is 310 g/mol. The van der Waals surface area contributed by atoms with Crippen molar-refractivity contribution in [1.82, 2.24) is 0 Å². The van der Waals surface area contributed by atoms with Crippen molar-refractivity contribution in [3.05, 3.63) is 107 Å². The molecule has 114 valence electrons. The smallest absolute Gasteiger partial charge is 0.123 e. The lowest BCUT2D eigenvalue weighted by atomic mass is 9.99. The third kappa shape index (κ3) is 4.35. The summed E-state index contributed by atoms with van der Waals surface area (Å²) in [6, 6.07) is 25.9. The Balaban J connectivity index is 1.94. The minimum atomic E-state index is -0.272. The minimum Gasteiger partial charge on any atom is -0.207 e. The van der Waals surface area contributed by atoms with Crippen LogP contribution in [0.2, 0.25) is 0 Å². The van der Waals surface area contributed by atoms with E-state index in [1.165, 1.54) is 12.1 Å². The Labute approximate surface area is 142 Å². The standard InChI is InChI=1S/C23H15F/c24-23-17-15-22(16-18-23)21(13-11-19-7-3-1-4-8-19)14-12-20-9-5-2-6-10-20/h1-10,15-18,21H. The fourth-order valence-corrected chi connectivity index (χ4v) is 2.21. The molecular formula is C23H15F. The van der Waals surface area contributed by atoms with Crippen molar-refractivity contribution in [2.75, 3.05) is 0 Å². The molecule has 1 heteroatoms. The SMILES string of the molecule is Fc1ccc(C(C#Cc2ccccc2)C#Cc2ccccc2)cc1. The number of hydrogen-bond donors (Lipinski definition) is 0. The number of hydrogen-bond acceptors (Lipinski definition) is 0. The summed E-state index contributed by atoms with van der Waals surface area (Å²) in [7, 11) is 0. The fraction of sp³-hybridized carbons (Fsp3) is 0.0435. The van der Waals surface area contributed by atoms with Crippen LogP contribution in [0.1, 0.15) is 22.6 Å². The van der Waals surface area contributed by atoms with Crippen LogP contribution in [0.3, 0.4) is 0 Å². The molecule has 24 heavy (non-hydrogen) atoms. The first kappa shape index (κ1) is 15.6. The highest BCUT2D eigenvalue weighted by Crippen LogP contribution is 2.15. The van der Waals surface area contributed by atoms with Crippen LogP contribution in [0.4, 0.5) is 4.39 Å². The monoisotopic (exact) mass is 310 g/mol. The number of halogens is 1. The van der Waals surface area contributed by atoms with Gasteiger partial charge in [0.2, 0.25) is 0 Å². The second-order valence-electron chi connectivity index (χ2n) is 5.26. The van der Waals surface area contributed by atoms with E-state index in [2.05, 4.69) is 23.7 Å². The summed E-state index contributed by atoms with van der Waals surface area (Å²) >= 11 is 0. The second-order valence-corrected chi connectivity index (χ2v) is 5.26. The van der Waals surface area contributed by atoms with Crippen LogP contribution in [-0.4, -0.2) is 0 Å². The van der Waals surface area contributed by atoms with Crippen molar-refractivity contribution < 1.29 is 4.39 Å². The van der Waals surface area contributed by atoms with Crippen molar-refractivity contribution in [2.45, 2.75) is 5.92 Å². The molecule has 0 radical (unpaired) electrons. The van der Waals surface area contributed by atoms with Crippen molar-refractivity contribution in [2.24, 2.45) is 0 Å². The van der Waals surface area contributed by atoms with Crippen LogP contribution in [0.25, 0.3) is 0 Å². The van der Waals surface area contributed by atoms with Gasteiger partial charge in [-0.25, -0.2) is 4.39 Å². The number of rotatable bonds is 1. The average Bonchev–Trinajstić information content (AvgIpc) is 2.64. The van der Waals surface area contributed by atoms with Gasteiger partial charge in [0.05, 0.1) is 0 Å². The van der Waals surface area contributed by atoms with Gasteiger partial charge in [-0.15, -0.1) is 0 Å². The maximum atomic E-state index is 13.2. The molecule has 0 amide bonds. The first-order valence-electron chi connectivity index (χ1n) is 7.70. The molecule has 3 rings (SSSR count). The van der Waals surface area contributed by atoms with Crippen LogP contribution < -0.4 is 0 Å². The van der Waals surface area contributed by atoms with Crippen molar-refractivity contribution in [3.8, 4) is 23.7 Å². The van der Waals surface area contributed by atoms with E-state index >= 15 is 0 Å². The first-order valence-corrected chi connectivity index (χ1v) is 7.70. The second kappa shape index (κ2) is 7.82. The molecule has 3 aromatic rings. The van der Waals surface area contributed by atoms with Crippen molar-refractivity contribution >= 4 is 0 Å². The highest BCUT2D eigenvalue weighted by Gasteiger charge is 2.05. The molecule has 0 bridgehead atoms. The normalized spacial score (nSPS) is 9.58. The van der Waals surface area contributed by atoms with Gasteiger partial charge in [-0.1, -0.05) is 72.2 Å². The Morgan fingerprint density at radius 1 is 0.583 bits per heavy atom. The zero-order valence-corrected chi connectivity index (χ0v) is 13.0. The quantitative estimate of drug-likeness (QED) is 0.554. The van der Waals surface area contributed by atoms with Crippen LogP contribution in [0.15, 0.2) is 84.9 Å². The molecular weight excluding hydrogens is 295 g/mol. The third-order valence-electron chi connectivity index (χ3n) is 3.47. The molecule has 0 N–H and O–H groups in total. The van der Waals surface area contributed by atoms with Crippen molar-refractivity contribution in [1.29, 1.82) is 0 Å². The topological polar surface area (TPSA) is 0 Å². The van der Waals surface area contributed by atoms with E-state index in [1.54, 1.807) is 12.1 Å². The minimum absolute atomic E-state index is 0.260. The molecule has 0 aromatic heterocycles. The van der Waals surface area contributed by atoms with Crippen LogP contribution in [0.5, 0.6) is 0 Å². The summed E-state index contributed by atoms with van der Waals surface area (Å²) in [6.45, 7) is 0. The van der Waals surface area contributed by atoms with E-state index in [9.17, 15) is 4.39 Å². The largest absolute Gasteiger partial charge is 0.207 e. The summed E-state index contributed by atoms with van der Waals surface area (Å²) in [6.07, 6.45) is 0. The third-order valence-corrected chi connectivity index (χ3v) is 3.47. The molecule has 0 saturated heterocycles. The van der Waals surface area contributed by atoms with Gasteiger partial charge >= 0.3 is 0 Å². The van der Waals surface area contributed by atoms with Crippen molar-refractivity contribution in [3.63, 3.8) is 0 Å². The zero-order chi connectivity index (χ0) is 16.6. The van der Waals surface area contributed by atoms with Gasteiger partial charge in [0.25, 0.3) is 0 Å². The molecule has 0 atom stereocenters. The Morgan fingerprint density at radius 3 is 1.50 bits per heavy atom. The van der Waals surface area contributed by atoms with E-state index in [-0.39, 0.29) is 11.7 Å². The predicted octanol–water partition coefficient (Wildman–Crippen LogP) is 5.01. The van der Waals surface area contributed by atoms with E-state index in [4.69, 9.17) is 0 Å². The van der Waals surface area contributed by atoms with Gasteiger partial charge in [0.15, 0.2) is 0 Å². The predicted molar refractivity (Wildman–Crippen MR) is 95.8 cm³/mol. The molecule has 0 spiro atoms. The molecule has 0 aliphatic rings. The summed E-state index contributed by atoms with van der Waals surface area (Å²) in [5, 5.41) is 0. The number of benzene rings is 3. The zero-order valence-electron chi connectivity index (χ0n) is 13.0. The van der Waals surface area contributed by atoms with Gasteiger partial charge in [-0.2, -0.15) is 0 Å². The molecule has 0 fully saturated rings. The van der Waals surface area contributed by atoms with E-state index in [1.807, 2.05) is 60.7 Å². The van der Waals surface area contributed by atoms with E-state index in [0.29, 0.717) is 0 Å². The lowest BCUT2D eigenvalue weighted by Crippen LogP contribution is -1.93. The van der Waals surface area contributed by atoms with Crippen LogP contribution >= 0.6 is 0 Å². The summed E-state index contributed by atoms with van der Waals surface area (Å²) in [5.41, 5.74) is 2.76. The summed E-state index contributed by atoms with van der Waals surface area (Å²) in [5.74, 6) is 12.2. The molecule has 0 saturated carbocycles. The van der Waals surface area contributed by atoms with Crippen LogP contribution in [-0.2, 0) is 0 Å². The molecule has 3 aromatic carbocycles. The summed E-state index contributed by atoms with van der Waals surface area (Å²) in [4.78, 5) is 0. The molecule has 0 aliphatic carbocycles.